The first-order valence-electron chi connectivity index (χ1n) is 9.29. The smallest absolute Gasteiger partial charge is 0.257 e. The van der Waals surface area contributed by atoms with E-state index in [0.717, 1.165) is 22.5 Å². The Morgan fingerprint density at radius 3 is 2.43 bits per heavy atom. The maximum atomic E-state index is 12.8. The molecular weight excluding hydrogens is 350 g/mol. The molecule has 0 bridgehead atoms. The van der Waals surface area contributed by atoms with Crippen molar-refractivity contribution in [2.75, 3.05) is 10.6 Å². The number of hydrogen-bond donors (Lipinski definition) is 2. The highest BCUT2D eigenvalue weighted by molar-refractivity contribution is 6.05. The van der Waals surface area contributed by atoms with Gasteiger partial charge in [0.15, 0.2) is 0 Å². The molecule has 5 nitrogen and oxygen atoms in total. The number of ether oxygens (including phenoxy) is 1. The molecule has 1 aromatic heterocycles. The summed E-state index contributed by atoms with van der Waals surface area (Å²) in [7, 11) is 0. The van der Waals surface area contributed by atoms with Crippen LogP contribution in [0.25, 0.3) is 0 Å². The number of nitrogens with one attached hydrogen (secondary N) is 2. The van der Waals surface area contributed by atoms with E-state index in [4.69, 9.17) is 4.74 Å². The largest absolute Gasteiger partial charge is 0.489 e. The molecular formula is C23H25N3O2. The second-order valence-corrected chi connectivity index (χ2v) is 6.97. The zero-order valence-electron chi connectivity index (χ0n) is 16.6. The Morgan fingerprint density at radius 1 is 1.00 bits per heavy atom. The first-order valence-corrected chi connectivity index (χ1v) is 9.29. The number of hydrogen-bond acceptors (Lipinski definition) is 4. The second kappa shape index (κ2) is 8.57. The molecule has 2 N–H and O–H groups in total. The number of carbonyl (C=O) groups is 1. The number of aryl methyl sites for hydroxylation is 2. The maximum Gasteiger partial charge on any atom is 0.257 e. The second-order valence-electron chi connectivity index (χ2n) is 6.97. The van der Waals surface area contributed by atoms with Gasteiger partial charge in [0.1, 0.15) is 5.75 Å². The molecule has 0 saturated heterocycles. The summed E-state index contributed by atoms with van der Waals surface area (Å²) in [4.78, 5) is 17.0. The van der Waals surface area contributed by atoms with Gasteiger partial charge in [-0.25, -0.2) is 0 Å². The van der Waals surface area contributed by atoms with Crippen LogP contribution in [0, 0.1) is 13.8 Å². The standard InChI is InChI=1S/C23H25N3O2/c1-15(2)28-21-11-6-5-10-20(21)26-23(27)18-12-19(14-24-13-18)25-22-16(3)8-7-9-17(22)4/h5-15,25H,1-4H3,(H,26,27). The Balaban J connectivity index is 1.80. The van der Waals surface area contributed by atoms with Crippen LogP contribution in [0.15, 0.2) is 60.9 Å². The normalized spacial score (nSPS) is 10.6. The summed E-state index contributed by atoms with van der Waals surface area (Å²) in [5.41, 5.74) is 5.16. The van der Waals surface area contributed by atoms with Crippen molar-refractivity contribution in [1.29, 1.82) is 0 Å². The van der Waals surface area contributed by atoms with Crippen LogP contribution in [-0.2, 0) is 0 Å². The highest BCUT2D eigenvalue weighted by Gasteiger charge is 2.12. The van der Waals surface area contributed by atoms with Crippen LogP contribution in [0.1, 0.15) is 35.3 Å². The molecule has 5 heteroatoms. The fraction of sp³-hybridized carbons (Fsp3) is 0.217. The maximum absolute atomic E-state index is 12.8. The quantitative estimate of drug-likeness (QED) is 0.599. The Bertz CT molecular complexity index is 963. The monoisotopic (exact) mass is 375 g/mol. The third kappa shape index (κ3) is 4.68. The molecule has 2 aromatic carbocycles. The van der Waals surface area contributed by atoms with E-state index in [1.54, 1.807) is 18.5 Å². The van der Waals surface area contributed by atoms with Crippen molar-refractivity contribution in [3.05, 3.63) is 77.6 Å². The van der Waals surface area contributed by atoms with Gasteiger partial charge in [-0.1, -0.05) is 30.3 Å². The minimum Gasteiger partial charge on any atom is -0.489 e. The number of anilines is 3. The summed E-state index contributed by atoms with van der Waals surface area (Å²) in [5, 5.41) is 6.28. The van der Waals surface area contributed by atoms with E-state index in [0.29, 0.717) is 17.0 Å². The van der Waals surface area contributed by atoms with Gasteiger partial charge in [-0.3, -0.25) is 9.78 Å². The van der Waals surface area contributed by atoms with Crippen LogP contribution in [0.2, 0.25) is 0 Å². The lowest BCUT2D eigenvalue weighted by Gasteiger charge is -2.15. The minimum atomic E-state index is -0.238. The number of rotatable bonds is 6. The van der Waals surface area contributed by atoms with Crippen LogP contribution in [-0.4, -0.2) is 17.0 Å². The number of carbonyl (C=O) groups excluding carboxylic acids is 1. The van der Waals surface area contributed by atoms with E-state index in [9.17, 15) is 4.79 Å². The summed E-state index contributed by atoms with van der Waals surface area (Å²) in [6, 6.07) is 15.3. The highest BCUT2D eigenvalue weighted by atomic mass is 16.5. The molecule has 0 saturated carbocycles. The van der Waals surface area contributed by atoms with Gasteiger partial charge in [0.2, 0.25) is 0 Å². The molecule has 0 aliphatic carbocycles. The molecule has 0 unspecified atom stereocenters. The van der Waals surface area contributed by atoms with Crippen LogP contribution in [0.4, 0.5) is 17.1 Å². The lowest BCUT2D eigenvalue weighted by molar-refractivity contribution is 0.102. The van der Waals surface area contributed by atoms with Crippen molar-refractivity contribution >= 4 is 23.0 Å². The van der Waals surface area contributed by atoms with Gasteiger partial charge in [0.05, 0.1) is 29.2 Å². The fourth-order valence-electron chi connectivity index (χ4n) is 2.91. The Kier molecular flexibility index (Phi) is 5.94. The third-order valence-electron chi connectivity index (χ3n) is 4.25. The number of nitrogens with zero attached hydrogens (tertiary/aromatic N) is 1. The van der Waals surface area contributed by atoms with Crippen molar-refractivity contribution in [1.82, 2.24) is 4.98 Å². The topological polar surface area (TPSA) is 63.2 Å². The Morgan fingerprint density at radius 2 is 1.71 bits per heavy atom. The van der Waals surface area contributed by atoms with Crippen LogP contribution in [0.3, 0.4) is 0 Å². The average Bonchev–Trinajstić information content (AvgIpc) is 2.66. The molecule has 3 rings (SSSR count). The molecule has 0 fully saturated rings. The first kappa shape index (κ1) is 19.4. The third-order valence-corrected chi connectivity index (χ3v) is 4.25. The molecule has 1 amide bonds. The zero-order valence-corrected chi connectivity index (χ0v) is 16.6. The van der Waals surface area contributed by atoms with E-state index in [2.05, 4.69) is 15.6 Å². The van der Waals surface area contributed by atoms with Gasteiger partial charge in [-0.05, 0) is 57.0 Å². The molecule has 0 aliphatic rings. The number of amides is 1. The van der Waals surface area contributed by atoms with E-state index in [1.807, 2.05) is 70.2 Å². The SMILES string of the molecule is Cc1cccc(C)c1Nc1cncc(C(=O)Nc2ccccc2OC(C)C)c1. The lowest BCUT2D eigenvalue weighted by Crippen LogP contribution is -2.15. The Labute approximate surface area is 165 Å². The summed E-state index contributed by atoms with van der Waals surface area (Å²) in [6.45, 7) is 7.99. The van der Waals surface area contributed by atoms with Gasteiger partial charge in [0.25, 0.3) is 5.91 Å². The van der Waals surface area contributed by atoms with E-state index in [1.165, 1.54) is 0 Å². The van der Waals surface area contributed by atoms with Crippen molar-refractivity contribution in [2.45, 2.75) is 33.8 Å². The van der Waals surface area contributed by atoms with Crippen molar-refractivity contribution in [2.24, 2.45) is 0 Å². The summed E-state index contributed by atoms with van der Waals surface area (Å²) >= 11 is 0. The molecule has 0 aliphatic heterocycles. The lowest BCUT2D eigenvalue weighted by atomic mass is 10.1. The van der Waals surface area contributed by atoms with Crippen LogP contribution >= 0.6 is 0 Å². The average molecular weight is 375 g/mol. The van der Waals surface area contributed by atoms with Gasteiger partial charge in [-0.15, -0.1) is 0 Å². The predicted octanol–water partition coefficient (Wildman–Crippen LogP) is 5.48. The predicted molar refractivity (Wildman–Crippen MR) is 114 cm³/mol. The van der Waals surface area contributed by atoms with Gasteiger partial charge in [0, 0.05) is 11.9 Å². The number of aromatic nitrogens is 1. The Hall–Kier alpha value is -3.34. The summed E-state index contributed by atoms with van der Waals surface area (Å²) in [5.74, 6) is 0.404. The van der Waals surface area contributed by atoms with Gasteiger partial charge < -0.3 is 15.4 Å². The number of para-hydroxylation sites is 3. The van der Waals surface area contributed by atoms with Crippen molar-refractivity contribution < 1.29 is 9.53 Å². The molecule has 0 radical (unpaired) electrons. The van der Waals surface area contributed by atoms with Gasteiger partial charge >= 0.3 is 0 Å². The molecule has 144 valence electrons. The van der Waals surface area contributed by atoms with E-state index in [-0.39, 0.29) is 12.0 Å². The van der Waals surface area contributed by atoms with Crippen LogP contribution < -0.4 is 15.4 Å². The van der Waals surface area contributed by atoms with E-state index >= 15 is 0 Å². The van der Waals surface area contributed by atoms with Crippen LogP contribution in [0.5, 0.6) is 5.75 Å². The van der Waals surface area contributed by atoms with Crippen molar-refractivity contribution in [3.8, 4) is 5.75 Å². The molecule has 0 spiro atoms. The fourth-order valence-corrected chi connectivity index (χ4v) is 2.91. The molecule has 28 heavy (non-hydrogen) atoms. The first-order chi connectivity index (χ1) is 13.4. The summed E-state index contributed by atoms with van der Waals surface area (Å²) in [6.07, 6.45) is 3.28. The number of benzene rings is 2. The van der Waals surface area contributed by atoms with E-state index < -0.39 is 0 Å². The zero-order chi connectivity index (χ0) is 20.1. The summed E-state index contributed by atoms with van der Waals surface area (Å²) < 4.78 is 5.77. The molecule has 3 aromatic rings. The van der Waals surface area contributed by atoms with Crippen molar-refractivity contribution in [3.63, 3.8) is 0 Å². The molecule has 1 heterocycles. The minimum absolute atomic E-state index is 0.0181. The number of pyridine rings is 1. The highest BCUT2D eigenvalue weighted by Crippen LogP contribution is 2.27. The molecule has 0 atom stereocenters. The van der Waals surface area contributed by atoms with Gasteiger partial charge in [-0.2, -0.15) is 0 Å².